The number of carbonyl (C=O) groups excluding carboxylic acids is 1. The topological polar surface area (TPSA) is 79.2 Å². The smallest absolute Gasteiger partial charge is 0.274 e. The number of hydrazine groups is 1. The largest absolute Gasteiger partial charge is 0.319 e. The molecule has 3 aromatic rings. The van der Waals surface area contributed by atoms with Crippen LogP contribution in [0.15, 0.2) is 75.9 Å². The van der Waals surface area contributed by atoms with E-state index in [2.05, 4.69) is 53.5 Å². The summed E-state index contributed by atoms with van der Waals surface area (Å²) >= 11 is 11.3. The molecule has 0 unspecified atom stereocenters. The summed E-state index contributed by atoms with van der Waals surface area (Å²) in [6.07, 6.45) is 9.56. The molecule has 0 radical (unpaired) electrons. The molecule has 8 nitrogen and oxygen atoms in total. The zero-order valence-corrected chi connectivity index (χ0v) is 20.0. The first-order chi connectivity index (χ1) is 15.5. The number of allylic oxidation sites excluding steroid dienone is 2. The first-order valence-corrected chi connectivity index (χ1v) is 11.8. The number of aromatic nitrogens is 4. The third-order valence-corrected chi connectivity index (χ3v) is 6.47. The number of pyridine rings is 1. The highest BCUT2D eigenvalue weighted by Crippen LogP contribution is 2.29. The number of nitrogens with one attached hydrogen (secondary N) is 1. The molecule has 11 heteroatoms. The second kappa shape index (κ2) is 8.62. The Labute approximate surface area is 201 Å². The molecule has 0 aliphatic carbocycles. The van der Waals surface area contributed by atoms with Gasteiger partial charge in [0.2, 0.25) is 0 Å². The highest BCUT2D eigenvalue weighted by molar-refractivity contribution is 9.10. The van der Waals surface area contributed by atoms with E-state index in [0.717, 1.165) is 22.8 Å². The zero-order valence-electron chi connectivity index (χ0n) is 16.9. The monoisotopic (exact) mass is 529 g/mol. The second-order valence-electron chi connectivity index (χ2n) is 7.14. The highest BCUT2D eigenvalue weighted by Gasteiger charge is 2.27. The summed E-state index contributed by atoms with van der Waals surface area (Å²) in [7, 11) is 0. The van der Waals surface area contributed by atoms with Crippen LogP contribution in [0.25, 0.3) is 5.82 Å². The molecule has 0 bridgehead atoms. The van der Waals surface area contributed by atoms with E-state index in [0.29, 0.717) is 33.4 Å². The van der Waals surface area contributed by atoms with Gasteiger partial charge in [-0.15, -0.1) is 11.3 Å². The Hall–Kier alpha value is -2.79. The van der Waals surface area contributed by atoms with Gasteiger partial charge in [-0.05, 0) is 52.7 Å². The van der Waals surface area contributed by atoms with Crippen molar-refractivity contribution >= 4 is 44.8 Å². The molecular weight excluding hydrogens is 514 g/mol. The molecule has 0 aromatic carbocycles. The summed E-state index contributed by atoms with van der Waals surface area (Å²) in [5.74, 6) is 0.0660. The lowest BCUT2D eigenvalue weighted by Gasteiger charge is -2.31. The fourth-order valence-electron chi connectivity index (χ4n) is 3.50. The maximum absolute atomic E-state index is 13.2. The van der Waals surface area contributed by atoms with E-state index in [9.17, 15) is 4.79 Å². The van der Waals surface area contributed by atoms with Crippen molar-refractivity contribution in [3.8, 4) is 5.82 Å². The van der Waals surface area contributed by atoms with E-state index in [1.54, 1.807) is 41.9 Å². The van der Waals surface area contributed by atoms with E-state index >= 15 is 0 Å². The van der Waals surface area contributed by atoms with Crippen molar-refractivity contribution in [3.05, 3.63) is 91.6 Å². The SMILES string of the molecule is CC1=CC2=CCN(Cc3nccs3)N2C=C1NC(=O)c1cc(Br)nn1-c1ncccc1Cl. The Kier molecular flexibility index (Phi) is 5.68. The van der Waals surface area contributed by atoms with Gasteiger partial charge in [0.1, 0.15) is 15.3 Å². The first kappa shape index (κ1) is 21.1. The minimum absolute atomic E-state index is 0.313. The lowest BCUT2D eigenvalue weighted by molar-refractivity contribution is 0.0814. The standard InChI is InChI=1S/C21H17BrClN7OS/c1-13-9-14-4-7-28(12-19-24-6-8-32-19)29(14)11-16(13)26-21(31)17-10-18(22)27-30(17)20-15(23)3-2-5-25-20/h2-6,8-11H,7,12H2,1H3,(H,26,31). The first-order valence-electron chi connectivity index (χ1n) is 9.70. The molecular formula is C21H17BrClN7OS. The fourth-order valence-corrected chi connectivity index (χ4v) is 4.70. The number of thiazole rings is 1. The Balaban J connectivity index is 1.40. The summed E-state index contributed by atoms with van der Waals surface area (Å²) in [4.78, 5) is 21.9. The van der Waals surface area contributed by atoms with Crippen molar-refractivity contribution in [2.75, 3.05) is 6.54 Å². The highest BCUT2D eigenvalue weighted by atomic mass is 79.9. The molecule has 0 saturated heterocycles. The summed E-state index contributed by atoms with van der Waals surface area (Å²) in [6.45, 7) is 3.44. The van der Waals surface area contributed by atoms with E-state index < -0.39 is 0 Å². The van der Waals surface area contributed by atoms with Gasteiger partial charge >= 0.3 is 0 Å². The number of halogens is 2. The molecule has 2 aliphatic heterocycles. The van der Waals surface area contributed by atoms with Gasteiger partial charge in [0.05, 0.1) is 23.0 Å². The van der Waals surface area contributed by atoms with Crippen LogP contribution in [0, 0.1) is 0 Å². The van der Waals surface area contributed by atoms with Crippen LogP contribution in [0.3, 0.4) is 0 Å². The van der Waals surface area contributed by atoms with Crippen LogP contribution in [0.1, 0.15) is 22.4 Å². The number of rotatable bonds is 5. The summed E-state index contributed by atoms with van der Waals surface area (Å²) in [5.41, 5.74) is 3.05. The van der Waals surface area contributed by atoms with Crippen LogP contribution >= 0.6 is 38.9 Å². The van der Waals surface area contributed by atoms with Crippen LogP contribution < -0.4 is 5.32 Å². The molecule has 0 atom stereocenters. The molecule has 5 heterocycles. The third kappa shape index (κ3) is 4.02. The average molecular weight is 531 g/mol. The molecule has 0 spiro atoms. The number of nitrogens with zero attached hydrogens (tertiary/aromatic N) is 6. The van der Waals surface area contributed by atoms with Crippen LogP contribution in [0.5, 0.6) is 0 Å². The van der Waals surface area contributed by atoms with Crippen molar-refractivity contribution in [1.82, 2.24) is 35.1 Å². The van der Waals surface area contributed by atoms with Crippen LogP contribution in [-0.4, -0.2) is 42.2 Å². The molecule has 0 fully saturated rings. The Morgan fingerprint density at radius 1 is 1.34 bits per heavy atom. The van der Waals surface area contributed by atoms with Gasteiger partial charge in [-0.3, -0.25) is 9.80 Å². The average Bonchev–Trinajstić information content (AvgIpc) is 3.50. The van der Waals surface area contributed by atoms with Crippen molar-refractivity contribution in [2.45, 2.75) is 13.5 Å². The van der Waals surface area contributed by atoms with Gasteiger partial charge in [-0.25, -0.2) is 19.7 Å². The lowest BCUT2D eigenvalue weighted by Crippen LogP contribution is -2.36. The number of amides is 1. The number of hydrogen-bond acceptors (Lipinski definition) is 7. The predicted octanol–water partition coefficient (Wildman–Crippen LogP) is 4.29. The molecule has 0 saturated carbocycles. The van der Waals surface area contributed by atoms with Gasteiger partial charge < -0.3 is 5.32 Å². The van der Waals surface area contributed by atoms with Gasteiger partial charge in [0, 0.05) is 36.6 Å². The maximum atomic E-state index is 13.2. The minimum Gasteiger partial charge on any atom is -0.319 e. The summed E-state index contributed by atoms with van der Waals surface area (Å²) < 4.78 is 1.94. The van der Waals surface area contributed by atoms with Crippen molar-refractivity contribution < 1.29 is 4.79 Å². The van der Waals surface area contributed by atoms with Crippen LogP contribution in [-0.2, 0) is 6.54 Å². The maximum Gasteiger partial charge on any atom is 0.274 e. The quantitative estimate of drug-likeness (QED) is 0.530. The molecule has 162 valence electrons. The van der Waals surface area contributed by atoms with Gasteiger partial charge in [0.15, 0.2) is 5.82 Å². The van der Waals surface area contributed by atoms with Crippen LogP contribution in [0.4, 0.5) is 0 Å². The number of hydrogen-bond donors (Lipinski definition) is 1. The predicted molar refractivity (Wildman–Crippen MR) is 126 cm³/mol. The molecule has 32 heavy (non-hydrogen) atoms. The molecule has 2 aliphatic rings. The van der Waals surface area contributed by atoms with Gasteiger partial charge in [-0.1, -0.05) is 11.6 Å². The van der Waals surface area contributed by atoms with E-state index in [4.69, 9.17) is 11.6 Å². The minimum atomic E-state index is -0.318. The van der Waals surface area contributed by atoms with E-state index in [1.165, 1.54) is 4.68 Å². The van der Waals surface area contributed by atoms with Crippen LogP contribution in [0.2, 0.25) is 5.02 Å². The van der Waals surface area contributed by atoms with Gasteiger partial charge in [-0.2, -0.15) is 5.10 Å². The Morgan fingerprint density at radius 2 is 2.22 bits per heavy atom. The van der Waals surface area contributed by atoms with Gasteiger partial charge in [0.25, 0.3) is 5.91 Å². The molecule has 3 aromatic heterocycles. The van der Waals surface area contributed by atoms with E-state index in [-0.39, 0.29) is 5.91 Å². The summed E-state index contributed by atoms with van der Waals surface area (Å²) in [6, 6.07) is 5.07. The number of carbonyl (C=O) groups is 1. The lowest BCUT2D eigenvalue weighted by atomic mass is 10.1. The Morgan fingerprint density at radius 3 is 3.00 bits per heavy atom. The van der Waals surface area contributed by atoms with Crippen molar-refractivity contribution in [3.63, 3.8) is 0 Å². The van der Waals surface area contributed by atoms with E-state index in [1.807, 2.05) is 23.5 Å². The van der Waals surface area contributed by atoms with Crippen molar-refractivity contribution in [1.29, 1.82) is 0 Å². The van der Waals surface area contributed by atoms with Crippen molar-refractivity contribution in [2.24, 2.45) is 0 Å². The number of fused-ring (bicyclic) bond motifs is 1. The Bertz CT molecular complexity index is 1280. The normalized spacial score (nSPS) is 15.8. The molecule has 1 N–H and O–H groups in total. The molecule has 1 amide bonds. The molecule has 5 rings (SSSR count). The summed E-state index contributed by atoms with van der Waals surface area (Å²) in [5, 5.41) is 15.0. The second-order valence-corrected chi connectivity index (χ2v) is 9.34. The zero-order chi connectivity index (χ0) is 22.2. The third-order valence-electron chi connectivity index (χ3n) is 5.02. The fraction of sp³-hybridized carbons (Fsp3) is 0.143.